The van der Waals surface area contributed by atoms with Crippen molar-refractivity contribution in [2.24, 2.45) is 0 Å². The molecule has 5 nitrogen and oxygen atoms in total. The van der Waals surface area contributed by atoms with Gasteiger partial charge in [0.15, 0.2) is 0 Å². The Morgan fingerprint density at radius 2 is 1.52 bits per heavy atom. The van der Waals surface area contributed by atoms with Crippen LogP contribution in [0.3, 0.4) is 0 Å². The van der Waals surface area contributed by atoms with E-state index in [1.807, 2.05) is 18.2 Å². The van der Waals surface area contributed by atoms with Crippen molar-refractivity contribution in [1.82, 2.24) is 9.21 Å². The minimum atomic E-state index is -3.38. The van der Waals surface area contributed by atoms with Crippen molar-refractivity contribution < 1.29 is 13.2 Å². The molecule has 132 valence electrons. The molecule has 0 atom stereocenters. The number of hydrogen-bond donors (Lipinski definition) is 0. The van der Waals surface area contributed by atoms with Gasteiger partial charge in [0.2, 0.25) is 10.0 Å². The molecule has 0 saturated carbocycles. The van der Waals surface area contributed by atoms with Crippen LogP contribution in [0, 0.1) is 0 Å². The maximum absolute atomic E-state index is 12.5. The Morgan fingerprint density at radius 1 is 0.920 bits per heavy atom. The number of rotatable bonds is 4. The Kier molecular flexibility index (Phi) is 5.42. The lowest BCUT2D eigenvalue weighted by atomic mass is 10.2. The fourth-order valence-corrected chi connectivity index (χ4v) is 4.46. The Bertz CT molecular complexity index is 830. The van der Waals surface area contributed by atoms with Crippen LogP contribution in [0.1, 0.15) is 15.9 Å². The first kappa shape index (κ1) is 17.9. The molecule has 25 heavy (non-hydrogen) atoms. The first-order valence-electron chi connectivity index (χ1n) is 8.02. The highest BCUT2D eigenvalue weighted by Gasteiger charge is 2.29. The molecule has 0 spiro atoms. The summed E-state index contributed by atoms with van der Waals surface area (Å²) in [5.74, 6) is -0.115. The summed E-state index contributed by atoms with van der Waals surface area (Å²) in [5.41, 5.74) is 1.33. The fourth-order valence-electron chi connectivity index (χ4n) is 2.82. The molecule has 0 aliphatic carbocycles. The van der Waals surface area contributed by atoms with E-state index in [-0.39, 0.29) is 11.7 Å². The zero-order valence-electron chi connectivity index (χ0n) is 13.6. The molecule has 1 aliphatic rings. The van der Waals surface area contributed by atoms with Crippen LogP contribution in [0.15, 0.2) is 54.6 Å². The van der Waals surface area contributed by atoms with Crippen molar-refractivity contribution >= 4 is 27.5 Å². The summed E-state index contributed by atoms with van der Waals surface area (Å²) in [4.78, 5) is 14.2. The van der Waals surface area contributed by atoms with Crippen LogP contribution in [0.2, 0.25) is 5.02 Å². The zero-order valence-corrected chi connectivity index (χ0v) is 15.2. The Balaban J connectivity index is 1.61. The van der Waals surface area contributed by atoms with Crippen LogP contribution in [0.4, 0.5) is 0 Å². The first-order valence-corrected chi connectivity index (χ1v) is 10.0. The molecule has 1 amide bonds. The van der Waals surface area contributed by atoms with Gasteiger partial charge in [-0.15, -0.1) is 0 Å². The van der Waals surface area contributed by atoms with Gasteiger partial charge in [-0.2, -0.15) is 4.31 Å². The summed E-state index contributed by atoms with van der Waals surface area (Å²) in [6.45, 7) is 1.40. The monoisotopic (exact) mass is 378 g/mol. The zero-order chi connectivity index (χ0) is 17.9. The maximum atomic E-state index is 12.5. The van der Waals surface area contributed by atoms with Gasteiger partial charge in [-0.1, -0.05) is 41.9 Å². The molecule has 0 N–H and O–H groups in total. The van der Waals surface area contributed by atoms with Crippen LogP contribution >= 0.6 is 11.6 Å². The standard InChI is InChI=1S/C18H19ClN2O3S/c19-17-8-6-16(7-9-17)18(22)20-10-12-21(13-11-20)25(23,24)14-15-4-2-1-3-5-15/h1-9H,10-14H2. The van der Waals surface area contributed by atoms with E-state index in [4.69, 9.17) is 11.6 Å². The number of halogens is 1. The second-order valence-corrected chi connectivity index (χ2v) is 8.35. The first-order chi connectivity index (χ1) is 12.0. The van der Waals surface area contributed by atoms with Crippen molar-refractivity contribution in [1.29, 1.82) is 0 Å². The number of nitrogens with zero attached hydrogens (tertiary/aromatic N) is 2. The molecule has 1 saturated heterocycles. The highest BCUT2D eigenvalue weighted by Crippen LogP contribution is 2.16. The maximum Gasteiger partial charge on any atom is 0.253 e. The predicted octanol–water partition coefficient (Wildman–Crippen LogP) is 2.63. The summed E-state index contributed by atoms with van der Waals surface area (Å²) >= 11 is 5.84. The van der Waals surface area contributed by atoms with Gasteiger partial charge >= 0.3 is 0 Å². The van der Waals surface area contributed by atoms with Gasteiger partial charge in [0.05, 0.1) is 5.75 Å². The molecular formula is C18H19ClN2O3S. The number of amides is 1. The van der Waals surface area contributed by atoms with Crippen molar-refractivity contribution in [3.63, 3.8) is 0 Å². The number of sulfonamides is 1. The molecule has 0 aromatic heterocycles. The van der Waals surface area contributed by atoms with Gasteiger partial charge in [-0.3, -0.25) is 4.79 Å². The highest BCUT2D eigenvalue weighted by atomic mass is 35.5. The number of benzene rings is 2. The summed E-state index contributed by atoms with van der Waals surface area (Å²) in [7, 11) is -3.38. The predicted molar refractivity (Wildman–Crippen MR) is 98.0 cm³/mol. The van der Waals surface area contributed by atoms with Gasteiger partial charge in [-0.25, -0.2) is 8.42 Å². The van der Waals surface area contributed by atoms with Gasteiger partial charge in [0, 0.05) is 36.8 Å². The second-order valence-electron chi connectivity index (χ2n) is 5.94. The third kappa shape index (κ3) is 4.39. The van der Waals surface area contributed by atoms with E-state index in [9.17, 15) is 13.2 Å². The van der Waals surface area contributed by atoms with Crippen LogP contribution in [0.25, 0.3) is 0 Å². The summed E-state index contributed by atoms with van der Waals surface area (Å²) < 4.78 is 26.6. The minimum Gasteiger partial charge on any atom is -0.336 e. The SMILES string of the molecule is O=C(c1ccc(Cl)cc1)N1CCN(S(=O)(=O)Cc2ccccc2)CC1. The highest BCUT2D eigenvalue weighted by molar-refractivity contribution is 7.88. The smallest absolute Gasteiger partial charge is 0.253 e. The number of hydrogen-bond acceptors (Lipinski definition) is 3. The molecule has 7 heteroatoms. The Labute approximate surface area is 152 Å². The van der Waals surface area contributed by atoms with Crippen molar-refractivity contribution in [2.75, 3.05) is 26.2 Å². The van der Waals surface area contributed by atoms with Crippen LogP contribution in [-0.4, -0.2) is 49.7 Å². The lowest BCUT2D eigenvalue weighted by molar-refractivity contribution is 0.0698. The summed E-state index contributed by atoms with van der Waals surface area (Å²) in [6, 6.07) is 15.8. The molecule has 1 fully saturated rings. The Hall–Kier alpha value is -1.89. The number of carbonyl (C=O) groups excluding carboxylic acids is 1. The Morgan fingerprint density at radius 3 is 2.12 bits per heavy atom. The van der Waals surface area contributed by atoms with Crippen molar-refractivity contribution in [3.8, 4) is 0 Å². The fraction of sp³-hybridized carbons (Fsp3) is 0.278. The van der Waals surface area contributed by atoms with E-state index >= 15 is 0 Å². The van der Waals surface area contributed by atoms with E-state index in [1.165, 1.54) is 4.31 Å². The molecule has 0 bridgehead atoms. The van der Waals surface area contributed by atoms with Crippen LogP contribution in [0.5, 0.6) is 0 Å². The van der Waals surface area contributed by atoms with E-state index in [0.717, 1.165) is 5.56 Å². The summed E-state index contributed by atoms with van der Waals surface area (Å²) in [6.07, 6.45) is 0. The van der Waals surface area contributed by atoms with Gasteiger partial charge in [-0.05, 0) is 29.8 Å². The van der Waals surface area contributed by atoms with Gasteiger partial charge in [0.1, 0.15) is 0 Å². The molecule has 3 rings (SSSR count). The number of carbonyl (C=O) groups is 1. The topological polar surface area (TPSA) is 57.7 Å². The summed E-state index contributed by atoms with van der Waals surface area (Å²) in [5, 5.41) is 0.577. The van der Waals surface area contributed by atoms with Crippen molar-refractivity contribution in [3.05, 3.63) is 70.7 Å². The van der Waals surface area contributed by atoms with Crippen molar-refractivity contribution in [2.45, 2.75) is 5.75 Å². The van der Waals surface area contributed by atoms with Crippen LogP contribution in [-0.2, 0) is 15.8 Å². The average Bonchev–Trinajstić information content (AvgIpc) is 2.62. The molecule has 1 aliphatic heterocycles. The van der Waals surface area contributed by atoms with E-state index in [2.05, 4.69) is 0 Å². The second kappa shape index (κ2) is 7.56. The van der Waals surface area contributed by atoms with E-state index in [0.29, 0.717) is 36.8 Å². The molecule has 0 radical (unpaired) electrons. The van der Waals surface area contributed by atoms with E-state index in [1.54, 1.807) is 41.3 Å². The molecule has 2 aromatic rings. The molecule has 1 heterocycles. The van der Waals surface area contributed by atoms with E-state index < -0.39 is 10.0 Å². The third-order valence-electron chi connectivity index (χ3n) is 4.20. The molecular weight excluding hydrogens is 360 g/mol. The number of piperazine rings is 1. The largest absolute Gasteiger partial charge is 0.336 e. The normalized spacial score (nSPS) is 16.0. The van der Waals surface area contributed by atoms with Gasteiger partial charge in [0.25, 0.3) is 5.91 Å². The minimum absolute atomic E-state index is 0.0149. The quantitative estimate of drug-likeness (QED) is 0.821. The molecule has 2 aromatic carbocycles. The lowest BCUT2D eigenvalue weighted by Crippen LogP contribution is -2.50. The van der Waals surface area contributed by atoms with Gasteiger partial charge < -0.3 is 4.90 Å². The van der Waals surface area contributed by atoms with Crippen LogP contribution < -0.4 is 0 Å². The molecule has 0 unspecified atom stereocenters. The lowest BCUT2D eigenvalue weighted by Gasteiger charge is -2.34. The third-order valence-corrected chi connectivity index (χ3v) is 6.30. The average molecular weight is 379 g/mol.